The first-order valence-electron chi connectivity index (χ1n) is 21.9. The number of fused-ring (bicyclic) bond motifs is 11. The Morgan fingerprint density at radius 1 is 0.400 bits per heavy atom. The highest BCUT2D eigenvalue weighted by Gasteiger charge is 2.47. The van der Waals surface area contributed by atoms with Gasteiger partial charge in [-0.25, -0.2) is 4.98 Å². The van der Waals surface area contributed by atoms with E-state index in [2.05, 4.69) is 181 Å². The Bertz CT molecular complexity index is 3720. The Balaban J connectivity index is 1.17. The molecule has 2 aromatic heterocycles. The maximum atomic E-state index is 5.73. The maximum Gasteiger partial charge on any atom is 0.238 e. The quantitative estimate of drug-likeness (QED) is 0.156. The van der Waals surface area contributed by atoms with Gasteiger partial charge >= 0.3 is 0 Å². The molecule has 0 saturated heterocycles. The molecule has 0 radical (unpaired) electrons. The summed E-state index contributed by atoms with van der Waals surface area (Å²) in [5.74, 6) is 2.64. The highest BCUT2D eigenvalue weighted by molar-refractivity contribution is 7.26. The van der Waals surface area contributed by atoms with E-state index in [9.17, 15) is 0 Å². The minimum atomic E-state index is -0.705. The Morgan fingerprint density at radius 2 is 0.908 bits per heavy atom. The SMILES string of the molecule is COc1ccc2c(c1)c1ccccc1c1cc3c(cc21)sc1cc2c(cc13)C(c1ccccc1)(c1ccccc1)c1ccccc1N2c1nc(-c2ccccc2)nc(-c2ccccc2)n1. The van der Waals surface area contributed by atoms with E-state index in [0.29, 0.717) is 17.6 Å². The molecule has 12 aromatic rings. The molecule has 0 aliphatic carbocycles. The van der Waals surface area contributed by atoms with E-state index < -0.39 is 5.41 Å². The summed E-state index contributed by atoms with van der Waals surface area (Å²) < 4.78 is 8.15. The standard InChI is InChI=1S/C59H38N4OS/c1-64-41-30-31-44-45(32-41)42-26-14-15-27-43(42)46-33-48-49-34-51-53(36-55(49)65-54(48)35-47(44)46)63(58-61-56(37-18-6-2-7-19-37)60-57(62-58)38-20-8-3-9-21-38)52-29-17-16-28-50(52)59(51,39-22-10-4-11-23-39)40-24-12-5-13-25-40/h2-36H,1H3. The predicted octanol–water partition coefficient (Wildman–Crippen LogP) is 15.2. The molecule has 0 spiro atoms. The van der Waals surface area contributed by atoms with Gasteiger partial charge in [-0.05, 0) is 97.0 Å². The molecule has 0 atom stereocenters. The molecule has 1 aliphatic rings. The van der Waals surface area contributed by atoms with Gasteiger partial charge in [-0.3, -0.25) is 4.90 Å². The molecule has 0 unspecified atom stereocenters. The molecule has 306 valence electrons. The van der Waals surface area contributed by atoms with Gasteiger partial charge in [0, 0.05) is 31.3 Å². The molecule has 0 N–H and O–H groups in total. The van der Waals surface area contributed by atoms with Crippen LogP contribution in [0.3, 0.4) is 0 Å². The first-order valence-corrected chi connectivity index (χ1v) is 22.7. The number of methoxy groups -OCH3 is 1. The molecule has 3 heterocycles. The molecule has 1 aliphatic heterocycles. The van der Waals surface area contributed by atoms with E-state index in [-0.39, 0.29) is 0 Å². The van der Waals surface area contributed by atoms with Gasteiger partial charge in [-0.1, -0.05) is 170 Å². The Labute approximate surface area is 379 Å². The lowest BCUT2D eigenvalue weighted by Crippen LogP contribution is -2.38. The van der Waals surface area contributed by atoms with Crippen LogP contribution in [0, 0.1) is 0 Å². The highest BCUT2D eigenvalue weighted by atomic mass is 32.1. The molecule has 6 heteroatoms. The fourth-order valence-corrected chi connectivity index (χ4v) is 11.5. The second-order valence-corrected chi connectivity index (χ2v) is 17.8. The summed E-state index contributed by atoms with van der Waals surface area (Å²) in [6.07, 6.45) is 0. The minimum Gasteiger partial charge on any atom is -0.497 e. The van der Waals surface area contributed by atoms with Crippen LogP contribution in [0.25, 0.3) is 75.3 Å². The van der Waals surface area contributed by atoms with E-state index in [1.165, 1.54) is 63.6 Å². The average molecular weight is 851 g/mol. The lowest BCUT2D eigenvalue weighted by Gasteiger charge is -2.45. The van der Waals surface area contributed by atoms with Crippen LogP contribution < -0.4 is 9.64 Å². The summed E-state index contributed by atoms with van der Waals surface area (Å²) in [6, 6.07) is 76.2. The zero-order valence-corrected chi connectivity index (χ0v) is 36.1. The summed E-state index contributed by atoms with van der Waals surface area (Å²) >= 11 is 1.84. The molecule has 10 aromatic carbocycles. The monoisotopic (exact) mass is 850 g/mol. The van der Waals surface area contributed by atoms with E-state index in [1.807, 2.05) is 47.7 Å². The van der Waals surface area contributed by atoms with Gasteiger partial charge < -0.3 is 4.74 Å². The number of anilines is 3. The van der Waals surface area contributed by atoms with Gasteiger partial charge in [0.1, 0.15) is 5.75 Å². The summed E-state index contributed by atoms with van der Waals surface area (Å²) in [5.41, 5.74) is 7.83. The van der Waals surface area contributed by atoms with Crippen LogP contribution in [0.4, 0.5) is 17.3 Å². The first-order chi connectivity index (χ1) is 32.2. The van der Waals surface area contributed by atoms with Gasteiger partial charge in [0.2, 0.25) is 5.95 Å². The van der Waals surface area contributed by atoms with Crippen LogP contribution in [0.1, 0.15) is 22.3 Å². The van der Waals surface area contributed by atoms with Crippen molar-refractivity contribution in [1.29, 1.82) is 0 Å². The van der Waals surface area contributed by atoms with Crippen LogP contribution in [0.15, 0.2) is 212 Å². The summed E-state index contributed by atoms with van der Waals surface area (Å²) in [6.45, 7) is 0. The Morgan fingerprint density at radius 3 is 1.54 bits per heavy atom. The molecule has 65 heavy (non-hydrogen) atoms. The van der Waals surface area contributed by atoms with Crippen molar-refractivity contribution < 1.29 is 4.74 Å². The Kier molecular flexibility index (Phi) is 8.45. The molecule has 5 nitrogen and oxygen atoms in total. The predicted molar refractivity (Wildman–Crippen MR) is 269 cm³/mol. The van der Waals surface area contributed by atoms with Crippen molar-refractivity contribution in [3.63, 3.8) is 0 Å². The van der Waals surface area contributed by atoms with E-state index in [0.717, 1.165) is 39.4 Å². The van der Waals surface area contributed by atoms with E-state index in [4.69, 9.17) is 19.7 Å². The lowest BCUT2D eigenvalue weighted by atomic mass is 9.62. The zero-order valence-electron chi connectivity index (χ0n) is 35.3. The fourth-order valence-electron chi connectivity index (χ4n) is 10.4. The molecule has 13 rings (SSSR count). The smallest absolute Gasteiger partial charge is 0.238 e. The fraction of sp³-hybridized carbons (Fsp3) is 0.0339. The average Bonchev–Trinajstić information content (AvgIpc) is 3.74. The number of para-hydroxylation sites is 1. The van der Waals surface area contributed by atoms with Crippen LogP contribution >= 0.6 is 11.3 Å². The lowest BCUT2D eigenvalue weighted by molar-refractivity contribution is 0.415. The number of rotatable bonds is 6. The van der Waals surface area contributed by atoms with Crippen molar-refractivity contribution in [2.45, 2.75) is 5.41 Å². The van der Waals surface area contributed by atoms with Crippen molar-refractivity contribution in [3.8, 4) is 28.5 Å². The molecular formula is C59H38N4OS. The minimum absolute atomic E-state index is 0.556. The Hall–Kier alpha value is -8.19. The summed E-state index contributed by atoms with van der Waals surface area (Å²) in [7, 11) is 1.74. The van der Waals surface area contributed by atoms with Gasteiger partial charge in [-0.2, -0.15) is 9.97 Å². The van der Waals surface area contributed by atoms with E-state index in [1.54, 1.807) is 7.11 Å². The first kappa shape index (κ1) is 37.4. The normalized spacial score (nSPS) is 13.1. The molecule has 0 saturated carbocycles. The van der Waals surface area contributed by atoms with Crippen LogP contribution in [0.2, 0.25) is 0 Å². The third-order valence-corrected chi connectivity index (χ3v) is 14.4. The number of hydrogen-bond donors (Lipinski definition) is 0. The van der Waals surface area contributed by atoms with Gasteiger partial charge in [-0.15, -0.1) is 11.3 Å². The van der Waals surface area contributed by atoms with Crippen LogP contribution in [-0.2, 0) is 5.41 Å². The second kappa shape index (κ2) is 14.7. The van der Waals surface area contributed by atoms with E-state index >= 15 is 0 Å². The number of ether oxygens (including phenoxy) is 1. The van der Waals surface area contributed by atoms with Crippen LogP contribution in [0.5, 0.6) is 5.75 Å². The molecular weight excluding hydrogens is 813 g/mol. The van der Waals surface area contributed by atoms with Crippen LogP contribution in [-0.4, -0.2) is 22.1 Å². The van der Waals surface area contributed by atoms with Crippen molar-refractivity contribution in [2.75, 3.05) is 12.0 Å². The largest absolute Gasteiger partial charge is 0.497 e. The third-order valence-electron chi connectivity index (χ3n) is 13.2. The van der Waals surface area contributed by atoms with Crippen molar-refractivity contribution in [3.05, 3.63) is 235 Å². The van der Waals surface area contributed by atoms with Gasteiger partial charge in [0.05, 0.1) is 23.9 Å². The zero-order chi connectivity index (χ0) is 43.1. The topological polar surface area (TPSA) is 51.1 Å². The number of aromatic nitrogens is 3. The second-order valence-electron chi connectivity index (χ2n) is 16.7. The van der Waals surface area contributed by atoms with Crippen molar-refractivity contribution in [1.82, 2.24) is 15.0 Å². The molecule has 0 amide bonds. The third kappa shape index (κ3) is 5.67. The number of benzene rings is 10. The van der Waals surface area contributed by atoms with Gasteiger partial charge in [0.25, 0.3) is 0 Å². The maximum absolute atomic E-state index is 5.73. The number of hydrogen-bond acceptors (Lipinski definition) is 6. The number of thiophene rings is 1. The number of nitrogens with zero attached hydrogens (tertiary/aromatic N) is 4. The summed E-state index contributed by atoms with van der Waals surface area (Å²) in [4.78, 5) is 18.1. The summed E-state index contributed by atoms with van der Waals surface area (Å²) in [5, 5.41) is 9.76. The van der Waals surface area contributed by atoms with Crippen molar-refractivity contribution >= 4 is 81.1 Å². The molecule has 0 fully saturated rings. The van der Waals surface area contributed by atoms with Gasteiger partial charge in [0.15, 0.2) is 11.6 Å². The highest BCUT2D eigenvalue weighted by Crippen LogP contribution is 2.59. The van der Waals surface area contributed by atoms with Crippen molar-refractivity contribution in [2.24, 2.45) is 0 Å². The molecule has 0 bridgehead atoms.